The first kappa shape index (κ1) is 16.0. The summed E-state index contributed by atoms with van der Waals surface area (Å²) in [4.78, 5) is 27.7. The summed E-state index contributed by atoms with van der Waals surface area (Å²) in [7, 11) is 0. The second-order valence-electron chi connectivity index (χ2n) is 5.33. The minimum absolute atomic E-state index is 0.0470. The molecule has 1 amide bonds. The normalized spacial score (nSPS) is 15.5. The predicted molar refractivity (Wildman–Crippen MR) is 94.5 cm³/mol. The van der Waals surface area contributed by atoms with Crippen molar-refractivity contribution in [3.63, 3.8) is 0 Å². The summed E-state index contributed by atoms with van der Waals surface area (Å²) in [5.41, 5.74) is 1.60. The number of nitro benzene ring substituents is 1. The number of carbonyl (C=O) groups excluding carboxylic acids is 1. The lowest BCUT2D eigenvalue weighted by Gasteiger charge is -2.10. The highest BCUT2D eigenvalue weighted by Crippen LogP contribution is 2.41. The van der Waals surface area contributed by atoms with E-state index >= 15 is 0 Å². The Hall–Kier alpha value is -2.87. The maximum absolute atomic E-state index is 12.2. The Morgan fingerprint density at radius 2 is 2.25 bits per heavy atom. The summed E-state index contributed by atoms with van der Waals surface area (Å²) >= 11 is 5.28. The Morgan fingerprint density at radius 1 is 1.46 bits per heavy atom. The number of thiocarbonyl (C=S) groups is 1. The van der Waals surface area contributed by atoms with Crippen LogP contribution in [0, 0.1) is 10.1 Å². The van der Waals surface area contributed by atoms with Crippen LogP contribution in [0.4, 0.5) is 17.1 Å². The van der Waals surface area contributed by atoms with Crippen LogP contribution in [0.2, 0.25) is 0 Å². The summed E-state index contributed by atoms with van der Waals surface area (Å²) in [6.45, 7) is 1.97. The molecule has 8 heteroatoms. The van der Waals surface area contributed by atoms with Crippen molar-refractivity contribution >= 4 is 40.2 Å². The van der Waals surface area contributed by atoms with Crippen LogP contribution >= 0.6 is 12.2 Å². The van der Waals surface area contributed by atoms with Crippen molar-refractivity contribution in [3.8, 4) is 0 Å². The molecule has 1 aliphatic heterocycles. The van der Waals surface area contributed by atoms with Crippen LogP contribution in [0.25, 0.3) is 0 Å². The molecule has 0 saturated heterocycles. The number of pyridine rings is 1. The van der Waals surface area contributed by atoms with Crippen LogP contribution in [0.1, 0.15) is 35.3 Å². The number of fused-ring (bicyclic) bond motifs is 1. The van der Waals surface area contributed by atoms with Gasteiger partial charge in [0.25, 0.3) is 11.6 Å². The van der Waals surface area contributed by atoms with Gasteiger partial charge in [-0.05, 0) is 30.2 Å². The molecule has 0 aliphatic carbocycles. The van der Waals surface area contributed by atoms with Gasteiger partial charge in [0.1, 0.15) is 11.4 Å². The third kappa shape index (κ3) is 2.83. The number of anilines is 2. The Kier molecular flexibility index (Phi) is 4.22. The van der Waals surface area contributed by atoms with E-state index in [0.717, 1.165) is 12.0 Å². The molecule has 0 fully saturated rings. The van der Waals surface area contributed by atoms with Gasteiger partial charge in [-0.3, -0.25) is 19.9 Å². The van der Waals surface area contributed by atoms with Crippen LogP contribution < -0.4 is 10.6 Å². The van der Waals surface area contributed by atoms with Crippen LogP contribution in [-0.2, 0) is 0 Å². The van der Waals surface area contributed by atoms with Gasteiger partial charge in [0.05, 0.1) is 9.91 Å². The summed E-state index contributed by atoms with van der Waals surface area (Å²) in [6, 6.07) is 7.92. The van der Waals surface area contributed by atoms with Gasteiger partial charge in [-0.1, -0.05) is 25.2 Å². The molecule has 0 radical (unpaired) electrons. The first-order valence-corrected chi connectivity index (χ1v) is 7.77. The molecule has 2 aromatic rings. The molecule has 0 spiro atoms. The molecule has 0 bridgehead atoms. The zero-order valence-electron chi connectivity index (χ0n) is 12.8. The fraction of sp³-hybridized carbons (Fsp3) is 0.188. The second kappa shape index (κ2) is 6.32. The van der Waals surface area contributed by atoms with E-state index in [2.05, 4.69) is 15.6 Å². The molecule has 1 atom stereocenters. The monoisotopic (exact) mass is 342 g/mol. The first-order valence-electron chi connectivity index (χ1n) is 7.36. The Labute approximate surface area is 143 Å². The molecule has 122 valence electrons. The molecule has 2 N–H and O–H groups in total. The number of carbonyl (C=O) groups is 1. The van der Waals surface area contributed by atoms with Crippen LogP contribution in [0.3, 0.4) is 0 Å². The fourth-order valence-electron chi connectivity index (χ4n) is 2.70. The summed E-state index contributed by atoms with van der Waals surface area (Å²) in [5.74, 6) is -0.555. The first-order chi connectivity index (χ1) is 11.5. The third-order valence-corrected chi connectivity index (χ3v) is 4.25. The number of amides is 1. The van der Waals surface area contributed by atoms with Crippen molar-refractivity contribution in [2.75, 3.05) is 10.6 Å². The van der Waals surface area contributed by atoms with E-state index in [-0.39, 0.29) is 23.0 Å². The van der Waals surface area contributed by atoms with E-state index in [1.165, 1.54) is 18.3 Å². The molecule has 1 unspecified atom stereocenters. The standard InChI is InChI=1S/C16H14N4O3S/c1-2-9-10-7-14(20(22)23)13(8-12(10)19-16(9)24)18-15(21)11-5-3-4-6-17-11/h3-9H,2H2,1H3,(H,18,21)(H,19,24). The van der Waals surface area contributed by atoms with E-state index in [4.69, 9.17) is 12.2 Å². The molecular formula is C16H14N4O3S. The number of nitro groups is 1. The van der Waals surface area contributed by atoms with E-state index in [9.17, 15) is 14.9 Å². The van der Waals surface area contributed by atoms with E-state index < -0.39 is 10.8 Å². The highest BCUT2D eigenvalue weighted by atomic mass is 32.1. The SMILES string of the molecule is CCC1C(=S)Nc2cc(NC(=O)c3ccccn3)c([N+](=O)[O-])cc21. The van der Waals surface area contributed by atoms with E-state index in [1.54, 1.807) is 18.2 Å². The molecule has 2 heterocycles. The van der Waals surface area contributed by atoms with Gasteiger partial charge < -0.3 is 10.6 Å². The van der Waals surface area contributed by atoms with Crippen LogP contribution in [0.5, 0.6) is 0 Å². The molecule has 1 aliphatic rings. The number of benzene rings is 1. The van der Waals surface area contributed by atoms with Gasteiger partial charge in [-0.25, -0.2) is 0 Å². The number of nitrogens with one attached hydrogen (secondary N) is 2. The Morgan fingerprint density at radius 3 is 2.88 bits per heavy atom. The molecule has 7 nitrogen and oxygen atoms in total. The average molecular weight is 342 g/mol. The van der Waals surface area contributed by atoms with Crippen molar-refractivity contribution in [1.82, 2.24) is 4.98 Å². The van der Waals surface area contributed by atoms with Gasteiger partial charge in [-0.2, -0.15) is 0 Å². The highest BCUT2D eigenvalue weighted by molar-refractivity contribution is 7.80. The Bertz CT molecular complexity index is 839. The average Bonchev–Trinajstić information content (AvgIpc) is 2.88. The molecule has 24 heavy (non-hydrogen) atoms. The minimum Gasteiger partial charge on any atom is -0.349 e. The zero-order chi connectivity index (χ0) is 17.3. The number of hydrogen-bond donors (Lipinski definition) is 2. The number of rotatable bonds is 4. The third-order valence-electron chi connectivity index (χ3n) is 3.87. The van der Waals surface area contributed by atoms with E-state index in [0.29, 0.717) is 10.7 Å². The van der Waals surface area contributed by atoms with Crippen molar-refractivity contribution in [1.29, 1.82) is 0 Å². The maximum Gasteiger partial charge on any atom is 0.293 e. The minimum atomic E-state index is -0.512. The van der Waals surface area contributed by atoms with Crippen molar-refractivity contribution < 1.29 is 9.72 Å². The predicted octanol–water partition coefficient (Wildman–Crippen LogP) is 3.49. The second-order valence-corrected chi connectivity index (χ2v) is 5.77. The lowest BCUT2D eigenvalue weighted by Crippen LogP contribution is -2.14. The lowest BCUT2D eigenvalue weighted by atomic mass is 9.97. The number of hydrogen-bond acceptors (Lipinski definition) is 5. The van der Waals surface area contributed by atoms with Crippen LogP contribution in [0.15, 0.2) is 36.5 Å². The van der Waals surface area contributed by atoms with Gasteiger partial charge in [-0.15, -0.1) is 0 Å². The summed E-state index contributed by atoms with van der Waals surface area (Å²) in [5, 5.41) is 17.0. The molecule has 1 aromatic heterocycles. The fourth-order valence-corrected chi connectivity index (χ4v) is 3.11. The quantitative estimate of drug-likeness (QED) is 0.501. The largest absolute Gasteiger partial charge is 0.349 e. The zero-order valence-corrected chi connectivity index (χ0v) is 13.6. The van der Waals surface area contributed by atoms with Gasteiger partial charge >= 0.3 is 0 Å². The molecule has 1 aromatic carbocycles. The Balaban J connectivity index is 1.99. The van der Waals surface area contributed by atoms with Gasteiger partial charge in [0.15, 0.2) is 0 Å². The number of aromatic nitrogens is 1. The molecule has 0 saturated carbocycles. The van der Waals surface area contributed by atoms with Gasteiger partial charge in [0, 0.05) is 23.9 Å². The summed E-state index contributed by atoms with van der Waals surface area (Å²) < 4.78 is 0. The van der Waals surface area contributed by atoms with Crippen molar-refractivity contribution in [3.05, 3.63) is 57.9 Å². The van der Waals surface area contributed by atoms with E-state index in [1.807, 2.05) is 6.92 Å². The molecule has 3 rings (SSSR count). The highest BCUT2D eigenvalue weighted by Gasteiger charge is 2.30. The lowest BCUT2D eigenvalue weighted by molar-refractivity contribution is -0.384. The smallest absolute Gasteiger partial charge is 0.293 e. The summed E-state index contributed by atoms with van der Waals surface area (Å²) in [6.07, 6.45) is 2.23. The van der Waals surface area contributed by atoms with Gasteiger partial charge in [0.2, 0.25) is 0 Å². The maximum atomic E-state index is 12.2. The topological polar surface area (TPSA) is 97.2 Å². The van der Waals surface area contributed by atoms with Crippen LogP contribution in [-0.4, -0.2) is 20.8 Å². The van der Waals surface area contributed by atoms with Crippen molar-refractivity contribution in [2.45, 2.75) is 19.3 Å². The molecular weight excluding hydrogens is 328 g/mol. The number of nitrogens with zero attached hydrogens (tertiary/aromatic N) is 2. The van der Waals surface area contributed by atoms with Crippen molar-refractivity contribution in [2.24, 2.45) is 0 Å².